The van der Waals surface area contributed by atoms with E-state index in [4.69, 9.17) is 0 Å². The summed E-state index contributed by atoms with van der Waals surface area (Å²) in [4.78, 5) is 10.8. The van der Waals surface area contributed by atoms with E-state index in [1.54, 1.807) is 0 Å². The van der Waals surface area contributed by atoms with E-state index >= 15 is 0 Å². The number of benzene rings is 1. The van der Waals surface area contributed by atoms with Gasteiger partial charge in [-0.1, -0.05) is 0 Å². The third kappa shape index (κ3) is 2.73. The summed E-state index contributed by atoms with van der Waals surface area (Å²) in [6.45, 7) is 2.50. The molecule has 16 heavy (non-hydrogen) atoms. The maximum atomic E-state index is 12.4. The van der Waals surface area contributed by atoms with E-state index in [0.717, 1.165) is 13.0 Å². The van der Waals surface area contributed by atoms with Crippen LogP contribution in [0.2, 0.25) is 0 Å². The molecule has 0 heterocycles. The molecule has 0 spiro atoms. The van der Waals surface area contributed by atoms with Crippen LogP contribution in [0.25, 0.3) is 0 Å². The van der Waals surface area contributed by atoms with Gasteiger partial charge in [-0.15, -0.1) is 0 Å². The predicted octanol–water partition coefficient (Wildman–Crippen LogP) is 2.76. The SMILES string of the molecule is CC(=O)N(O)c1cc(C)cc(C(F)(F)F)c1. The van der Waals surface area contributed by atoms with Crippen LogP contribution in [0.15, 0.2) is 18.2 Å². The lowest BCUT2D eigenvalue weighted by molar-refractivity contribution is -0.137. The maximum absolute atomic E-state index is 12.4. The number of halogens is 3. The minimum Gasteiger partial charge on any atom is -0.281 e. The average Bonchev–Trinajstić information content (AvgIpc) is 2.14. The zero-order chi connectivity index (χ0) is 12.5. The number of rotatable bonds is 1. The van der Waals surface area contributed by atoms with Crippen LogP contribution in [0.3, 0.4) is 0 Å². The van der Waals surface area contributed by atoms with Gasteiger partial charge in [0.25, 0.3) is 0 Å². The molecule has 0 aliphatic rings. The molecule has 0 bridgehead atoms. The van der Waals surface area contributed by atoms with Gasteiger partial charge in [-0.25, -0.2) is 0 Å². The normalized spacial score (nSPS) is 11.4. The van der Waals surface area contributed by atoms with Crippen molar-refractivity contribution in [3.05, 3.63) is 29.3 Å². The molecule has 0 atom stereocenters. The molecule has 0 saturated heterocycles. The Balaban J connectivity index is 3.23. The molecule has 0 unspecified atom stereocenters. The van der Waals surface area contributed by atoms with Crippen LogP contribution < -0.4 is 5.06 Å². The van der Waals surface area contributed by atoms with Crippen molar-refractivity contribution in [1.82, 2.24) is 0 Å². The fourth-order valence-corrected chi connectivity index (χ4v) is 1.23. The van der Waals surface area contributed by atoms with Crippen LogP contribution in [0, 0.1) is 6.92 Å². The molecular formula is C10H10F3NO2. The summed E-state index contributed by atoms with van der Waals surface area (Å²) in [6, 6.07) is 2.95. The fourth-order valence-electron chi connectivity index (χ4n) is 1.23. The van der Waals surface area contributed by atoms with Gasteiger partial charge in [0.15, 0.2) is 0 Å². The van der Waals surface area contributed by atoms with E-state index in [1.807, 2.05) is 0 Å². The summed E-state index contributed by atoms with van der Waals surface area (Å²) in [5.41, 5.74) is -0.784. The van der Waals surface area contributed by atoms with Crippen LogP contribution in [-0.4, -0.2) is 11.1 Å². The molecule has 1 aromatic carbocycles. The molecular weight excluding hydrogens is 223 g/mol. The topological polar surface area (TPSA) is 40.5 Å². The van der Waals surface area contributed by atoms with Crippen molar-refractivity contribution in [3.8, 4) is 0 Å². The third-order valence-electron chi connectivity index (χ3n) is 1.93. The van der Waals surface area contributed by atoms with E-state index in [2.05, 4.69) is 0 Å². The molecule has 1 amide bonds. The maximum Gasteiger partial charge on any atom is 0.416 e. The molecule has 88 valence electrons. The van der Waals surface area contributed by atoms with Gasteiger partial charge in [0.2, 0.25) is 5.91 Å². The van der Waals surface area contributed by atoms with E-state index in [0.29, 0.717) is 11.6 Å². The van der Waals surface area contributed by atoms with Gasteiger partial charge in [-0.3, -0.25) is 10.0 Å². The fraction of sp³-hybridized carbons (Fsp3) is 0.300. The predicted molar refractivity (Wildman–Crippen MR) is 51.1 cm³/mol. The number of nitrogens with zero attached hydrogens (tertiary/aromatic N) is 1. The standard InChI is InChI=1S/C10H10F3NO2/c1-6-3-8(10(11,12)13)5-9(4-6)14(16)7(2)15/h3-5,16H,1-2H3. The molecule has 1 rings (SSSR count). The minimum absolute atomic E-state index is 0.183. The number of hydrogen-bond acceptors (Lipinski definition) is 2. The lowest BCUT2D eigenvalue weighted by Gasteiger charge is -2.16. The molecule has 1 N–H and O–H groups in total. The van der Waals surface area contributed by atoms with Gasteiger partial charge in [0, 0.05) is 6.92 Å². The Hall–Kier alpha value is -1.56. The number of hydrogen-bond donors (Lipinski definition) is 1. The molecule has 0 aliphatic carbocycles. The number of amides is 1. The molecule has 3 nitrogen and oxygen atoms in total. The van der Waals surface area contributed by atoms with E-state index in [1.165, 1.54) is 13.0 Å². The van der Waals surface area contributed by atoms with Gasteiger partial charge >= 0.3 is 6.18 Å². The molecule has 0 saturated carbocycles. The number of aryl methyl sites for hydroxylation is 1. The van der Waals surface area contributed by atoms with Crippen LogP contribution in [0.4, 0.5) is 18.9 Å². The van der Waals surface area contributed by atoms with Crippen LogP contribution in [0.1, 0.15) is 18.1 Å². The Labute approximate surface area is 90.1 Å². The lowest BCUT2D eigenvalue weighted by Crippen LogP contribution is -2.24. The van der Waals surface area contributed by atoms with Gasteiger partial charge in [0.1, 0.15) is 0 Å². The number of carbonyl (C=O) groups is 1. The Bertz CT molecular complexity index is 415. The number of alkyl halides is 3. The van der Waals surface area contributed by atoms with Crippen molar-refractivity contribution in [1.29, 1.82) is 0 Å². The Kier molecular flexibility index (Phi) is 3.23. The summed E-state index contributed by atoms with van der Waals surface area (Å²) < 4.78 is 37.3. The van der Waals surface area contributed by atoms with Crippen LogP contribution >= 0.6 is 0 Å². The highest BCUT2D eigenvalue weighted by Gasteiger charge is 2.31. The minimum atomic E-state index is -4.50. The van der Waals surface area contributed by atoms with Crippen molar-refractivity contribution in [2.75, 3.05) is 5.06 Å². The number of anilines is 1. The summed E-state index contributed by atoms with van der Waals surface area (Å²) >= 11 is 0. The van der Waals surface area contributed by atoms with E-state index in [9.17, 15) is 23.2 Å². The second-order valence-corrected chi connectivity index (χ2v) is 3.39. The first-order valence-electron chi connectivity index (χ1n) is 4.40. The summed E-state index contributed by atoms with van der Waals surface area (Å²) in [6.07, 6.45) is -4.50. The van der Waals surface area contributed by atoms with Crippen LogP contribution in [-0.2, 0) is 11.0 Å². The third-order valence-corrected chi connectivity index (χ3v) is 1.93. The zero-order valence-corrected chi connectivity index (χ0v) is 8.67. The second-order valence-electron chi connectivity index (χ2n) is 3.39. The van der Waals surface area contributed by atoms with Gasteiger partial charge in [-0.2, -0.15) is 18.2 Å². The van der Waals surface area contributed by atoms with Crippen LogP contribution in [0.5, 0.6) is 0 Å². The van der Waals surface area contributed by atoms with Crippen molar-refractivity contribution < 1.29 is 23.2 Å². The first kappa shape index (κ1) is 12.5. The van der Waals surface area contributed by atoms with Gasteiger partial charge in [0.05, 0.1) is 11.3 Å². The zero-order valence-electron chi connectivity index (χ0n) is 8.67. The smallest absolute Gasteiger partial charge is 0.281 e. The largest absolute Gasteiger partial charge is 0.416 e. The van der Waals surface area contributed by atoms with Crippen molar-refractivity contribution in [2.45, 2.75) is 20.0 Å². The first-order valence-corrected chi connectivity index (χ1v) is 4.40. The van der Waals surface area contributed by atoms with Crippen molar-refractivity contribution in [3.63, 3.8) is 0 Å². The van der Waals surface area contributed by atoms with Crippen molar-refractivity contribution in [2.24, 2.45) is 0 Å². The summed E-state index contributed by atoms with van der Waals surface area (Å²) in [7, 11) is 0. The second kappa shape index (κ2) is 4.13. The molecule has 0 radical (unpaired) electrons. The summed E-state index contributed by atoms with van der Waals surface area (Å²) in [5.74, 6) is -0.751. The quantitative estimate of drug-likeness (QED) is 0.598. The van der Waals surface area contributed by atoms with E-state index in [-0.39, 0.29) is 10.8 Å². The Morgan fingerprint density at radius 1 is 1.31 bits per heavy atom. The molecule has 0 aromatic heterocycles. The Morgan fingerprint density at radius 3 is 2.31 bits per heavy atom. The number of carbonyl (C=O) groups excluding carboxylic acids is 1. The van der Waals surface area contributed by atoms with E-state index < -0.39 is 17.6 Å². The monoisotopic (exact) mass is 233 g/mol. The van der Waals surface area contributed by atoms with Crippen molar-refractivity contribution >= 4 is 11.6 Å². The molecule has 0 fully saturated rings. The Morgan fingerprint density at radius 2 is 1.88 bits per heavy atom. The number of hydroxylamine groups is 1. The van der Waals surface area contributed by atoms with Gasteiger partial charge in [-0.05, 0) is 30.7 Å². The molecule has 6 heteroatoms. The highest BCUT2D eigenvalue weighted by Crippen LogP contribution is 2.32. The average molecular weight is 233 g/mol. The lowest BCUT2D eigenvalue weighted by atomic mass is 10.1. The first-order chi connectivity index (χ1) is 7.21. The van der Waals surface area contributed by atoms with Gasteiger partial charge < -0.3 is 0 Å². The summed E-state index contributed by atoms with van der Waals surface area (Å²) in [5, 5.41) is 9.41. The molecule has 0 aliphatic heterocycles. The highest BCUT2D eigenvalue weighted by atomic mass is 19.4. The molecule has 1 aromatic rings. The highest BCUT2D eigenvalue weighted by molar-refractivity contribution is 5.89.